The Balaban J connectivity index is 0.967. The van der Waals surface area contributed by atoms with Crippen molar-refractivity contribution < 1.29 is 0 Å². The molecule has 0 N–H and O–H groups in total. The molecule has 0 fully saturated rings. The standard InChI is InChI=1S/C53H35N3/c1-2-12-40-35-44(34-25-36(40)11-1)55(42-32-26-39(27-33-42)53-49-17-4-3-13-45(49)46-14-5-8-18-50(46)54-53)41-28-21-37(22-29-41)38-23-30-43(31-24-38)56-51-19-9-6-15-47(51)48-16-7-10-20-52(48)56/h1-35H. The predicted molar refractivity (Wildman–Crippen MR) is 237 cm³/mol. The molecule has 3 heteroatoms. The Bertz CT molecular complexity index is 3180. The first-order valence-corrected chi connectivity index (χ1v) is 19.1. The third kappa shape index (κ3) is 5.32. The first kappa shape index (κ1) is 32.0. The van der Waals surface area contributed by atoms with Crippen LogP contribution in [0.2, 0.25) is 0 Å². The summed E-state index contributed by atoms with van der Waals surface area (Å²) in [6.07, 6.45) is 0. The van der Waals surface area contributed by atoms with Crippen molar-refractivity contribution in [3.8, 4) is 28.1 Å². The van der Waals surface area contributed by atoms with E-state index >= 15 is 0 Å². The molecule has 0 radical (unpaired) electrons. The van der Waals surface area contributed by atoms with Crippen molar-refractivity contribution >= 4 is 71.3 Å². The second-order valence-electron chi connectivity index (χ2n) is 14.4. The molecule has 9 aromatic carbocycles. The third-order valence-electron chi connectivity index (χ3n) is 11.2. The average molecular weight is 714 g/mol. The van der Waals surface area contributed by atoms with Gasteiger partial charge in [-0.15, -0.1) is 0 Å². The largest absolute Gasteiger partial charge is 0.310 e. The molecule has 0 bridgehead atoms. The van der Waals surface area contributed by atoms with Crippen molar-refractivity contribution in [2.45, 2.75) is 0 Å². The van der Waals surface area contributed by atoms with E-state index in [9.17, 15) is 0 Å². The summed E-state index contributed by atoms with van der Waals surface area (Å²) >= 11 is 0. The number of anilines is 3. The fourth-order valence-corrected chi connectivity index (χ4v) is 8.46. The number of nitrogens with zero attached hydrogens (tertiary/aromatic N) is 3. The highest BCUT2D eigenvalue weighted by atomic mass is 15.1. The van der Waals surface area contributed by atoms with Crippen molar-refractivity contribution in [1.29, 1.82) is 0 Å². The molecular formula is C53H35N3. The van der Waals surface area contributed by atoms with Gasteiger partial charge in [0.2, 0.25) is 0 Å². The maximum atomic E-state index is 5.17. The van der Waals surface area contributed by atoms with Gasteiger partial charge in [0.25, 0.3) is 0 Å². The van der Waals surface area contributed by atoms with Crippen LogP contribution >= 0.6 is 0 Å². The highest BCUT2D eigenvalue weighted by Crippen LogP contribution is 2.40. The average Bonchev–Trinajstić information content (AvgIpc) is 3.61. The van der Waals surface area contributed by atoms with E-state index in [1.165, 1.54) is 54.5 Å². The minimum atomic E-state index is 0.997. The second kappa shape index (κ2) is 13.1. The van der Waals surface area contributed by atoms with E-state index in [1.807, 2.05) is 0 Å². The Hall–Kier alpha value is -7.49. The monoisotopic (exact) mass is 713 g/mol. The Morgan fingerprint density at radius 3 is 1.48 bits per heavy atom. The van der Waals surface area contributed by atoms with Gasteiger partial charge >= 0.3 is 0 Å². The SMILES string of the molecule is c1ccc2cc(N(c3ccc(-c4ccc(-n5c6ccccc6c6ccccc65)cc4)cc3)c3ccc(-c4nc5ccccc5c5ccccc45)cc3)ccc2c1. The number of rotatable bonds is 6. The summed E-state index contributed by atoms with van der Waals surface area (Å²) < 4.78 is 2.36. The summed E-state index contributed by atoms with van der Waals surface area (Å²) in [5.41, 5.74) is 12.3. The van der Waals surface area contributed by atoms with Crippen LogP contribution in [0.4, 0.5) is 17.1 Å². The molecule has 11 aromatic rings. The number of hydrogen-bond acceptors (Lipinski definition) is 2. The van der Waals surface area contributed by atoms with E-state index in [0.717, 1.165) is 44.9 Å². The van der Waals surface area contributed by atoms with Crippen LogP contribution in [0.15, 0.2) is 212 Å². The number of para-hydroxylation sites is 3. The molecule has 0 saturated heterocycles. The Kier molecular flexibility index (Phi) is 7.49. The summed E-state index contributed by atoms with van der Waals surface area (Å²) in [7, 11) is 0. The topological polar surface area (TPSA) is 21.1 Å². The molecule has 0 unspecified atom stereocenters. The maximum Gasteiger partial charge on any atom is 0.0788 e. The minimum absolute atomic E-state index is 0.997. The van der Waals surface area contributed by atoms with Crippen LogP contribution in [-0.4, -0.2) is 9.55 Å². The van der Waals surface area contributed by atoms with Gasteiger partial charge in [-0.25, -0.2) is 4.98 Å². The first-order chi connectivity index (χ1) is 27.8. The van der Waals surface area contributed by atoms with Gasteiger partial charge in [-0.1, -0.05) is 146 Å². The van der Waals surface area contributed by atoms with Crippen LogP contribution in [0.1, 0.15) is 0 Å². The summed E-state index contributed by atoms with van der Waals surface area (Å²) in [5.74, 6) is 0. The first-order valence-electron chi connectivity index (χ1n) is 19.1. The van der Waals surface area contributed by atoms with Gasteiger partial charge in [-0.05, 0) is 94.0 Å². The fourth-order valence-electron chi connectivity index (χ4n) is 8.46. The normalized spacial score (nSPS) is 11.6. The summed E-state index contributed by atoms with van der Waals surface area (Å²) in [5, 5.41) is 8.52. The summed E-state index contributed by atoms with van der Waals surface area (Å²) in [6.45, 7) is 0. The van der Waals surface area contributed by atoms with Crippen LogP contribution < -0.4 is 4.90 Å². The van der Waals surface area contributed by atoms with E-state index < -0.39 is 0 Å². The molecule has 11 rings (SSSR count). The predicted octanol–water partition coefficient (Wildman–Crippen LogP) is 14.4. The highest BCUT2D eigenvalue weighted by Gasteiger charge is 2.16. The van der Waals surface area contributed by atoms with Crippen molar-refractivity contribution in [3.63, 3.8) is 0 Å². The molecule has 262 valence electrons. The number of hydrogen-bond donors (Lipinski definition) is 0. The number of pyridine rings is 1. The molecule has 0 saturated carbocycles. The van der Waals surface area contributed by atoms with E-state index in [1.54, 1.807) is 0 Å². The van der Waals surface area contributed by atoms with Crippen molar-refractivity contribution in [2.75, 3.05) is 4.90 Å². The van der Waals surface area contributed by atoms with Crippen LogP contribution in [0.5, 0.6) is 0 Å². The Morgan fingerprint density at radius 2 is 0.821 bits per heavy atom. The summed E-state index contributed by atoms with van der Waals surface area (Å²) in [6, 6.07) is 76.3. The Labute approximate surface area is 325 Å². The molecule has 2 aromatic heterocycles. The lowest BCUT2D eigenvalue weighted by Gasteiger charge is -2.26. The van der Waals surface area contributed by atoms with Gasteiger partial charge in [0.05, 0.1) is 22.2 Å². The van der Waals surface area contributed by atoms with Crippen LogP contribution in [0.25, 0.3) is 82.3 Å². The van der Waals surface area contributed by atoms with E-state index in [2.05, 4.69) is 222 Å². The fraction of sp³-hybridized carbons (Fsp3) is 0. The van der Waals surface area contributed by atoms with Crippen LogP contribution in [0.3, 0.4) is 0 Å². The molecule has 0 aliphatic rings. The van der Waals surface area contributed by atoms with Crippen molar-refractivity contribution in [3.05, 3.63) is 212 Å². The quantitative estimate of drug-likeness (QED) is 0.160. The number of benzene rings is 9. The number of aromatic nitrogens is 2. The summed E-state index contributed by atoms with van der Waals surface area (Å²) in [4.78, 5) is 7.51. The molecule has 0 aliphatic heterocycles. The smallest absolute Gasteiger partial charge is 0.0788 e. The van der Waals surface area contributed by atoms with Gasteiger partial charge in [-0.3, -0.25) is 0 Å². The highest BCUT2D eigenvalue weighted by molar-refractivity contribution is 6.11. The van der Waals surface area contributed by atoms with Gasteiger partial charge in [0, 0.05) is 49.9 Å². The zero-order valence-electron chi connectivity index (χ0n) is 30.5. The van der Waals surface area contributed by atoms with Gasteiger partial charge in [0.15, 0.2) is 0 Å². The van der Waals surface area contributed by atoms with Gasteiger partial charge < -0.3 is 9.47 Å². The Morgan fingerprint density at radius 1 is 0.339 bits per heavy atom. The van der Waals surface area contributed by atoms with Gasteiger partial charge in [-0.2, -0.15) is 0 Å². The van der Waals surface area contributed by atoms with E-state index in [0.29, 0.717) is 0 Å². The second-order valence-corrected chi connectivity index (χ2v) is 14.4. The van der Waals surface area contributed by atoms with Crippen molar-refractivity contribution in [1.82, 2.24) is 9.55 Å². The lowest BCUT2D eigenvalue weighted by Crippen LogP contribution is -2.09. The zero-order valence-corrected chi connectivity index (χ0v) is 30.5. The minimum Gasteiger partial charge on any atom is -0.310 e. The lowest BCUT2D eigenvalue weighted by molar-refractivity contribution is 1.18. The van der Waals surface area contributed by atoms with Crippen molar-refractivity contribution in [2.24, 2.45) is 0 Å². The van der Waals surface area contributed by atoms with E-state index in [4.69, 9.17) is 4.98 Å². The molecule has 0 atom stereocenters. The molecule has 3 nitrogen and oxygen atoms in total. The number of fused-ring (bicyclic) bond motifs is 7. The molecule has 2 heterocycles. The van der Waals surface area contributed by atoms with Gasteiger partial charge in [0.1, 0.15) is 0 Å². The molecule has 0 spiro atoms. The molecular weight excluding hydrogens is 679 g/mol. The molecule has 56 heavy (non-hydrogen) atoms. The molecule has 0 aliphatic carbocycles. The lowest BCUT2D eigenvalue weighted by atomic mass is 9.99. The van der Waals surface area contributed by atoms with Crippen LogP contribution in [-0.2, 0) is 0 Å². The van der Waals surface area contributed by atoms with E-state index in [-0.39, 0.29) is 0 Å². The third-order valence-corrected chi connectivity index (χ3v) is 11.2. The molecule has 0 amide bonds. The zero-order chi connectivity index (χ0) is 37.0. The van der Waals surface area contributed by atoms with Crippen LogP contribution in [0, 0.1) is 0 Å². The maximum absolute atomic E-state index is 5.17.